The van der Waals surface area contributed by atoms with Gasteiger partial charge in [0.05, 0.1) is 7.11 Å². The van der Waals surface area contributed by atoms with E-state index >= 15 is 0 Å². The molecule has 0 saturated carbocycles. The van der Waals surface area contributed by atoms with Crippen LogP contribution >= 0.6 is 0 Å². The van der Waals surface area contributed by atoms with Crippen LogP contribution in [0.4, 0.5) is 0 Å². The molecule has 1 heterocycles. The lowest BCUT2D eigenvalue weighted by Crippen LogP contribution is -2.44. The Morgan fingerprint density at radius 2 is 1.83 bits per heavy atom. The molecule has 1 fully saturated rings. The maximum absolute atomic E-state index is 9.99. The lowest BCUT2D eigenvalue weighted by molar-refractivity contribution is 0.0562. The van der Waals surface area contributed by atoms with E-state index < -0.39 is 0 Å². The van der Waals surface area contributed by atoms with E-state index in [0.717, 1.165) is 25.3 Å². The van der Waals surface area contributed by atoms with Crippen LogP contribution in [0.2, 0.25) is 0 Å². The molecule has 1 aromatic rings. The van der Waals surface area contributed by atoms with E-state index in [4.69, 9.17) is 4.74 Å². The minimum Gasteiger partial charge on any atom is -0.497 e. The summed E-state index contributed by atoms with van der Waals surface area (Å²) in [6.07, 6.45) is 3.41. The molecule has 3 rings (SSSR count). The molecular weight excluding hydrogens is 290 g/mol. The van der Waals surface area contributed by atoms with Crippen LogP contribution in [0.1, 0.15) is 17.9 Å². The number of ether oxygens (including phenoxy) is 1. The molecule has 2 aliphatic rings. The quantitative estimate of drug-likeness (QED) is 0.833. The van der Waals surface area contributed by atoms with Crippen molar-refractivity contribution in [1.29, 1.82) is 0 Å². The molecule has 4 heteroatoms. The topological polar surface area (TPSA) is 52.9 Å². The monoisotopic (exact) mass is 317 g/mol. The number of likely N-dealkylation sites (N-methyl/N-ethyl adjacent to an activating group) is 1. The highest BCUT2D eigenvalue weighted by molar-refractivity contribution is 5.35. The van der Waals surface area contributed by atoms with Crippen LogP contribution in [0.15, 0.2) is 35.9 Å². The minimum absolute atomic E-state index is 0.0746. The van der Waals surface area contributed by atoms with Crippen molar-refractivity contribution in [3.05, 3.63) is 41.5 Å². The molecular formula is C19H27NO3. The third-order valence-corrected chi connectivity index (χ3v) is 5.59. The second-order valence-electron chi connectivity index (χ2n) is 6.87. The van der Waals surface area contributed by atoms with Gasteiger partial charge in [0.25, 0.3) is 0 Å². The van der Waals surface area contributed by atoms with Crippen molar-refractivity contribution in [1.82, 2.24) is 4.90 Å². The van der Waals surface area contributed by atoms with E-state index in [1.807, 2.05) is 12.1 Å². The second kappa shape index (κ2) is 7.04. The van der Waals surface area contributed by atoms with Crippen molar-refractivity contribution in [3.63, 3.8) is 0 Å². The van der Waals surface area contributed by atoms with Crippen molar-refractivity contribution in [3.8, 4) is 5.75 Å². The van der Waals surface area contributed by atoms with Crippen molar-refractivity contribution < 1.29 is 14.9 Å². The van der Waals surface area contributed by atoms with E-state index in [9.17, 15) is 10.2 Å². The zero-order chi connectivity index (χ0) is 16.4. The predicted molar refractivity (Wildman–Crippen MR) is 90.6 cm³/mol. The zero-order valence-electron chi connectivity index (χ0n) is 14.0. The Morgan fingerprint density at radius 3 is 2.43 bits per heavy atom. The summed E-state index contributed by atoms with van der Waals surface area (Å²) in [5.74, 6) is 1.61. The number of allylic oxidation sites excluding steroid dienone is 1. The minimum atomic E-state index is 0.0746. The molecule has 126 valence electrons. The van der Waals surface area contributed by atoms with Gasteiger partial charge in [0.1, 0.15) is 5.75 Å². The molecule has 0 aromatic heterocycles. The van der Waals surface area contributed by atoms with Gasteiger partial charge in [0.15, 0.2) is 0 Å². The fourth-order valence-electron chi connectivity index (χ4n) is 4.32. The standard InChI is InChI=1S/C19H27NO3/c1-20-8-7-16-14(10-20)9-17(19(12-22)18(16)11-21)13-3-5-15(23-2)6-4-13/h3-6,9,16-19,21-22H,7-8,10-12H2,1-2H3. The number of likely N-dealkylation sites (tertiary alicyclic amines) is 1. The fraction of sp³-hybridized carbons (Fsp3) is 0.579. The Kier molecular flexibility index (Phi) is 5.05. The number of hydrogen-bond acceptors (Lipinski definition) is 4. The third kappa shape index (κ3) is 3.16. The SMILES string of the molecule is COc1ccc(C2C=C3CN(C)CCC3C(CO)C2CO)cc1. The Balaban J connectivity index is 1.96. The van der Waals surface area contributed by atoms with Crippen molar-refractivity contribution in [2.24, 2.45) is 17.8 Å². The number of fused-ring (bicyclic) bond motifs is 1. The number of aliphatic hydroxyl groups is 2. The van der Waals surface area contributed by atoms with Crippen LogP contribution in [0.25, 0.3) is 0 Å². The number of hydrogen-bond donors (Lipinski definition) is 2. The average molecular weight is 317 g/mol. The Bertz CT molecular complexity index is 554. The molecule has 1 aromatic carbocycles. The Labute approximate surface area is 138 Å². The van der Waals surface area contributed by atoms with E-state index in [2.05, 4.69) is 30.2 Å². The van der Waals surface area contributed by atoms with Gasteiger partial charge < -0.3 is 19.8 Å². The predicted octanol–water partition coefficient (Wildman–Crippen LogP) is 1.89. The highest BCUT2D eigenvalue weighted by Crippen LogP contribution is 2.45. The molecule has 1 aliphatic carbocycles. The third-order valence-electron chi connectivity index (χ3n) is 5.59. The van der Waals surface area contributed by atoms with Gasteiger partial charge in [-0.2, -0.15) is 0 Å². The highest BCUT2D eigenvalue weighted by atomic mass is 16.5. The molecule has 0 amide bonds. The summed E-state index contributed by atoms with van der Waals surface area (Å²) in [6, 6.07) is 8.08. The molecule has 0 radical (unpaired) electrons. The summed E-state index contributed by atoms with van der Waals surface area (Å²) >= 11 is 0. The number of benzene rings is 1. The van der Waals surface area contributed by atoms with Crippen molar-refractivity contribution >= 4 is 0 Å². The first-order valence-electron chi connectivity index (χ1n) is 8.42. The lowest BCUT2D eigenvalue weighted by Gasteiger charge is -2.45. The number of piperidine rings is 1. The smallest absolute Gasteiger partial charge is 0.118 e. The Morgan fingerprint density at radius 1 is 1.13 bits per heavy atom. The average Bonchev–Trinajstić information content (AvgIpc) is 2.59. The van der Waals surface area contributed by atoms with Crippen LogP contribution in [0.5, 0.6) is 5.75 Å². The van der Waals surface area contributed by atoms with E-state index in [-0.39, 0.29) is 31.0 Å². The van der Waals surface area contributed by atoms with Crippen LogP contribution < -0.4 is 4.74 Å². The highest BCUT2D eigenvalue weighted by Gasteiger charge is 2.41. The fourth-order valence-corrected chi connectivity index (χ4v) is 4.32. The summed E-state index contributed by atoms with van der Waals surface area (Å²) in [4.78, 5) is 2.33. The summed E-state index contributed by atoms with van der Waals surface area (Å²) in [6.45, 7) is 2.28. The number of aliphatic hydroxyl groups excluding tert-OH is 2. The number of rotatable bonds is 4. The summed E-state index contributed by atoms with van der Waals surface area (Å²) < 4.78 is 5.24. The Hall–Kier alpha value is -1.36. The molecule has 0 bridgehead atoms. The molecule has 1 aliphatic heterocycles. The first-order chi connectivity index (χ1) is 11.2. The van der Waals surface area contributed by atoms with Crippen LogP contribution in [0, 0.1) is 17.8 Å². The van der Waals surface area contributed by atoms with E-state index in [1.54, 1.807) is 7.11 Å². The second-order valence-corrected chi connectivity index (χ2v) is 6.87. The van der Waals surface area contributed by atoms with Gasteiger partial charge in [-0.05, 0) is 55.5 Å². The van der Waals surface area contributed by atoms with Gasteiger partial charge in [-0.1, -0.05) is 23.8 Å². The summed E-state index contributed by atoms with van der Waals surface area (Å²) in [7, 11) is 3.81. The number of nitrogens with zero attached hydrogens (tertiary/aromatic N) is 1. The lowest BCUT2D eigenvalue weighted by atomic mass is 9.64. The van der Waals surface area contributed by atoms with Gasteiger partial charge in [-0.3, -0.25) is 0 Å². The van der Waals surface area contributed by atoms with Gasteiger partial charge >= 0.3 is 0 Å². The molecule has 23 heavy (non-hydrogen) atoms. The van der Waals surface area contributed by atoms with E-state index in [1.165, 1.54) is 11.1 Å². The van der Waals surface area contributed by atoms with E-state index in [0.29, 0.717) is 5.92 Å². The normalized spacial score (nSPS) is 31.4. The first-order valence-corrected chi connectivity index (χ1v) is 8.42. The largest absolute Gasteiger partial charge is 0.497 e. The van der Waals surface area contributed by atoms with Crippen LogP contribution in [0.3, 0.4) is 0 Å². The maximum atomic E-state index is 9.99. The first kappa shape index (κ1) is 16.5. The summed E-state index contributed by atoms with van der Waals surface area (Å²) in [5, 5.41) is 20.0. The molecule has 2 N–H and O–H groups in total. The zero-order valence-corrected chi connectivity index (χ0v) is 14.0. The van der Waals surface area contributed by atoms with Crippen LogP contribution in [-0.4, -0.2) is 55.6 Å². The molecule has 4 unspecified atom stereocenters. The van der Waals surface area contributed by atoms with Crippen molar-refractivity contribution in [2.45, 2.75) is 12.3 Å². The van der Waals surface area contributed by atoms with Crippen LogP contribution in [-0.2, 0) is 0 Å². The molecule has 1 saturated heterocycles. The van der Waals surface area contributed by atoms with Gasteiger partial charge in [0.2, 0.25) is 0 Å². The van der Waals surface area contributed by atoms with Gasteiger partial charge in [-0.25, -0.2) is 0 Å². The summed E-state index contributed by atoms with van der Waals surface area (Å²) in [5.41, 5.74) is 2.60. The number of methoxy groups -OCH3 is 1. The van der Waals surface area contributed by atoms with Gasteiger partial charge in [-0.15, -0.1) is 0 Å². The molecule has 4 atom stereocenters. The van der Waals surface area contributed by atoms with Gasteiger partial charge in [0, 0.05) is 25.7 Å². The molecule has 0 spiro atoms. The maximum Gasteiger partial charge on any atom is 0.118 e. The van der Waals surface area contributed by atoms with Crippen molar-refractivity contribution in [2.75, 3.05) is 40.5 Å². The molecule has 4 nitrogen and oxygen atoms in total.